The highest BCUT2D eigenvalue weighted by molar-refractivity contribution is 7.92. The monoisotopic (exact) mass is 375 g/mol. The molecule has 7 heteroatoms. The van der Waals surface area contributed by atoms with Gasteiger partial charge in [0.2, 0.25) is 0 Å². The summed E-state index contributed by atoms with van der Waals surface area (Å²) in [7, 11) is -2.79. The molecule has 0 atom stereocenters. The first-order chi connectivity index (χ1) is 12.4. The number of nitrogens with one attached hydrogen (secondary N) is 1. The molecular formula is C19H15F2NO3S. The number of para-hydroxylation sites is 1. The lowest BCUT2D eigenvalue weighted by Crippen LogP contribution is -2.15. The summed E-state index contributed by atoms with van der Waals surface area (Å²) in [6.45, 7) is 0. The van der Waals surface area contributed by atoms with Crippen LogP contribution in [0.5, 0.6) is 5.75 Å². The van der Waals surface area contributed by atoms with Gasteiger partial charge in [-0.05, 0) is 23.8 Å². The van der Waals surface area contributed by atoms with Crippen LogP contribution in [0.1, 0.15) is 0 Å². The van der Waals surface area contributed by atoms with Gasteiger partial charge in [-0.15, -0.1) is 0 Å². The minimum Gasteiger partial charge on any atom is -0.495 e. The van der Waals surface area contributed by atoms with E-state index in [0.717, 1.165) is 6.07 Å². The van der Waals surface area contributed by atoms with Crippen molar-refractivity contribution in [1.29, 1.82) is 0 Å². The molecule has 0 bridgehead atoms. The molecule has 0 radical (unpaired) electrons. The van der Waals surface area contributed by atoms with Crippen LogP contribution in [-0.4, -0.2) is 15.5 Å². The maximum absolute atomic E-state index is 14.2. The van der Waals surface area contributed by atoms with Gasteiger partial charge in [-0.2, -0.15) is 0 Å². The van der Waals surface area contributed by atoms with Gasteiger partial charge in [-0.1, -0.05) is 42.5 Å². The Morgan fingerprint density at radius 2 is 1.54 bits per heavy atom. The lowest BCUT2D eigenvalue weighted by atomic mass is 10.0. The first-order valence-corrected chi connectivity index (χ1v) is 9.11. The third kappa shape index (κ3) is 3.52. The topological polar surface area (TPSA) is 55.4 Å². The minimum atomic E-state index is -4.13. The molecule has 0 aromatic heterocycles. The molecule has 0 saturated carbocycles. The second-order valence-electron chi connectivity index (χ2n) is 5.43. The van der Waals surface area contributed by atoms with Crippen molar-refractivity contribution in [2.45, 2.75) is 4.90 Å². The second kappa shape index (κ2) is 7.13. The number of ether oxygens (including phenoxy) is 1. The van der Waals surface area contributed by atoms with E-state index in [0.29, 0.717) is 11.6 Å². The van der Waals surface area contributed by atoms with E-state index in [1.807, 2.05) is 0 Å². The molecule has 3 aromatic rings. The summed E-state index contributed by atoms with van der Waals surface area (Å²) >= 11 is 0. The lowest BCUT2D eigenvalue weighted by Gasteiger charge is -2.13. The zero-order valence-electron chi connectivity index (χ0n) is 13.7. The SMILES string of the molecule is COc1ccccc1S(=O)(=O)Nc1cc(-c2ccccc2)c(F)cc1F. The zero-order valence-corrected chi connectivity index (χ0v) is 14.6. The molecule has 0 amide bonds. The fourth-order valence-corrected chi connectivity index (χ4v) is 3.74. The standard InChI is InChI=1S/C19H15F2NO3S/c1-25-18-9-5-6-10-19(18)26(23,24)22-17-11-14(15(20)12-16(17)21)13-7-3-2-4-8-13/h2-12,22H,1H3. The van der Waals surface area contributed by atoms with Crippen LogP contribution in [0.4, 0.5) is 14.5 Å². The van der Waals surface area contributed by atoms with Gasteiger partial charge in [0.25, 0.3) is 10.0 Å². The van der Waals surface area contributed by atoms with Gasteiger partial charge in [0.1, 0.15) is 22.3 Å². The Morgan fingerprint density at radius 1 is 0.885 bits per heavy atom. The Kier molecular flexibility index (Phi) is 4.90. The highest BCUT2D eigenvalue weighted by Gasteiger charge is 2.22. The largest absolute Gasteiger partial charge is 0.495 e. The molecule has 3 rings (SSSR count). The molecule has 4 nitrogen and oxygen atoms in total. The third-order valence-corrected chi connectivity index (χ3v) is 5.15. The average Bonchev–Trinajstić information content (AvgIpc) is 2.64. The van der Waals surface area contributed by atoms with Gasteiger partial charge >= 0.3 is 0 Å². The van der Waals surface area contributed by atoms with Crippen LogP contribution in [0.2, 0.25) is 0 Å². The predicted octanol–water partition coefficient (Wildman–Crippen LogP) is 4.44. The molecule has 0 heterocycles. The molecule has 3 aromatic carbocycles. The number of sulfonamides is 1. The average molecular weight is 375 g/mol. The van der Waals surface area contributed by atoms with Crippen molar-refractivity contribution in [3.8, 4) is 16.9 Å². The summed E-state index contributed by atoms with van der Waals surface area (Å²) in [5.41, 5.74) is 0.239. The number of rotatable bonds is 5. The van der Waals surface area contributed by atoms with E-state index in [4.69, 9.17) is 4.74 Å². The Morgan fingerprint density at radius 3 is 2.23 bits per heavy atom. The predicted molar refractivity (Wildman–Crippen MR) is 95.6 cm³/mol. The highest BCUT2D eigenvalue weighted by Crippen LogP contribution is 2.31. The smallest absolute Gasteiger partial charge is 0.265 e. The van der Waals surface area contributed by atoms with E-state index in [2.05, 4.69) is 4.72 Å². The van der Waals surface area contributed by atoms with Crippen LogP contribution >= 0.6 is 0 Å². The van der Waals surface area contributed by atoms with Gasteiger partial charge in [-0.25, -0.2) is 17.2 Å². The maximum atomic E-state index is 14.2. The van der Waals surface area contributed by atoms with E-state index >= 15 is 0 Å². The number of halogens is 2. The van der Waals surface area contributed by atoms with Crippen molar-refractivity contribution in [3.05, 3.63) is 78.4 Å². The van der Waals surface area contributed by atoms with Crippen LogP contribution in [0, 0.1) is 11.6 Å². The van der Waals surface area contributed by atoms with Crippen molar-refractivity contribution in [2.75, 3.05) is 11.8 Å². The molecule has 134 valence electrons. The molecule has 0 saturated heterocycles. The van der Waals surface area contributed by atoms with Crippen molar-refractivity contribution < 1.29 is 21.9 Å². The van der Waals surface area contributed by atoms with Gasteiger partial charge < -0.3 is 4.74 Å². The number of hydrogen-bond acceptors (Lipinski definition) is 3. The van der Waals surface area contributed by atoms with Gasteiger partial charge in [0.05, 0.1) is 12.8 Å². The van der Waals surface area contributed by atoms with Gasteiger partial charge in [-0.3, -0.25) is 4.72 Å². The van der Waals surface area contributed by atoms with Crippen LogP contribution < -0.4 is 9.46 Å². The van der Waals surface area contributed by atoms with Crippen molar-refractivity contribution in [1.82, 2.24) is 0 Å². The normalized spacial score (nSPS) is 11.2. The summed E-state index contributed by atoms with van der Waals surface area (Å²) in [6, 6.07) is 16.2. The molecule has 26 heavy (non-hydrogen) atoms. The number of anilines is 1. The minimum absolute atomic E-state index is 0.0877. The Hall–Kier alpha value is -2.93. The number of hydrogen-bond donors (Lipinski definition) is 1. The Labute approximate surface area is 150 Å². The van der Waals surface area contributed by atoms with Crippen molar-refractivity contribution in [3.63, 3.8) is 0 Å². The molecule has 0 aliphatic heterocycles. The van der Waals surface area contributed by atoms with Gasteiger partial charge in [0, 0.05) is 11.6 Å². The fraction of sp³-hybridized carbons (Fsp3) is 0.0526. The third-order valence-electron chi connectivity index (χ3n) is 3.74. The first-order valence-electron chi connectivity index (χ1n) is 7.62. The summed E-state index contributed by atoms with van der Waals surface area (Å²) in [6.07, 6.45) is 0. The quantitative estimate of drug-likeness (QED) is 0.717. The molecule has 1 N–H and O–H groups in total. The Balaban J connectivity index is 2.05. The molecule has 0 unspecified atom stereocenters. The van der Waals surface area contributed by atoms with Crippen LogP contribution in [-0.2, 0) is 10.0 Å². The summed E-state index contributed by atoms with van der Waals surface area (Å²) in [4.78, 5) is -0.146. The molecule has 0 spiro atoms. The van der Waals surface area contributed by atoms with E-state index in [1.165, 1.54) is 25.3 Å². The second-order valence-corrected chi connectivity index (χ2v) is 7.09. The molecular weight excluding hydrogens is 360 g/mol. The highest BCUT2D eigenvalue weighted by atomic mass is 32.2. The van der Waals surface area contributed by atoms with Crippen LogP contribution in [0.3, 0.4) is 0 Å². The van der Waals surface area contributed by atoms with E-state index in [-0.39, 0.29) is 21.9 Å². The molecule has 0 aliphatic rings. The summed E-state index contributed by atoms with van der Waals surface area (Å²) in [5.74, 6) is -1.68. The Bertz CT molecular complexity index is 1040. The zero-order chi connectivity index (χ0) is 18.7. The molecule has 0 aliphatic carbocycles. The van der Waals surface area contributed by atoms with E-state index in [9.17, 15) is 17.2 Å². The van der Waals surface area contributed by atoms with E-state index < -0.39 is 21.7 Å². The number of methoxy groups -OCH3 is 1. The lowest BCUT2D eigenvalue weighted by molar-refractivity contribution is 0.403. The number of benzene rings is 3. The van der Waals surface area contributed by atoms with E-state index in [1.54, 1.807) is 36.4 Å². The summed E-state index contributed by atoms with van der Waals surface area (Å²) < 4.78 is 60.8. The van der Waals surface area contributed by atoms with Crippen molar-refractivity contribution >= 4 is 15.7 Å². The summed E-state index contributed by atoms with van der Waals surface area (Å²) in [5, 5.41) is 0. The van der Waals surface area contributed by atoms with Crippen molar-refractivity contribution in [2.24, 2.45) is 0 Å². The molecule has 0 fully saturated rings. The van der Waals surface area contributed by atoms with Crippen LogP contribution in [0.25, 0.3) is 11.1 Å². The maximum Gasteiger partial charge on any atom is 0.265 e. The fourth-order valence-electron chi connectivity index (χ4n) is 2.51. The van der Waals surface area contributed by atoms with Gasteiger partial charge in [0.15, 0.2) is 0 Å². The first kappa shape index (κ1) is 17.9. The van der Waals surface area contributed by atoms with Crippen LogP contribution in [0.15, 0.2) is 71.6 Å².